The van der Waals surface area contributed by atoms with Crippen molar-refractivity contribution in [3.63, 3.8) is 0 Å². The topological polar surface area (TPSA) is 51.2 Å². The van der Waals surface area contributed by atoms with Crippen LogP contribution in [0.2, 0.25) is 0 Å². The van der Waals surface area contributed by atoms with Crippen LogP contribution in [-0.4, -0.2) is 25.1 Å². The number of ether oxygens (including phenoxy) is 1. The normalized spacial score (nSPS) is 9.00. The second kappa shape index (κ2) is 6.34. The third-order valence-corrected chi connectivity index (χ3v) is 1.60. The van der Waals surface area contributed by atoms with E-state index in [0.717, 1.165) is 5.69 Å². The van der Waals surface area contributed by atoms with Gasteiger partial charge in [0.05, 0.1) is 18.4 Å². The molecule has 1 N–H and O–H groups in total. The lowest BCUT2D eigenvalue weighted by Gasteiger charge is -2.00. The van der Waals surface area contributed by atoms with E-state index in [1.54, 1.807) is 12.1 Å². The summed E-state index contributed by atoms with van der Waals surface area (Å²) in [6.45, 7) is 0.696. The number of hydrogen-bond acceptors (Lipinski definition) is 4. The Bertz CT molecular complexity index is 287. The molecule has 78 valence electrons. The third-order valence-electron chi connectivity index (χ3n) is 1.60. The highest BCUT2D eigenvalue weighted by Crippen LogP contribution is 2.01. The molecule has 0 atom stereocenters. The number of halogens is 1. The lowest BCUT2D eigenvalue weighted by Crippen LogP contribution is -2.08. The molecule has 0 aliphatic rings. The van der Waals surface area contributed by atoms with Crippen LogP contribution in [0.5, 0.6) is 0 Å². The fraction of sp³-hybridized carbons (Fsp3) is 0.333. The van der Waals surface area contributed by atoms with E-state index in [1.807, 2.05) is 7.05 Å². The molecule has 0 aromatic carbocycles. The molecule has 0 spiro atoms. The van der Waals surface area contributed by atoms with Crippen LogP contribution in [-0.2, 0) is 11.3 Å². The van der Waals surface area contributed by atoms with Crippen molar-refractivity contribution in [1.29, 1.82) is 0 Å². The maximum absolute atomic E-state index is 11.0. The summed E-state index contributed by atoms with van der Waals surface area (Å²) in [6.07, 6.45) is 1.51. The molecule has 1 heterocycles. The van der Waals surface area contributed by atoms with Gasteiger partial charge in [-0.25, -0.2) is 4.79 Å². The van der Waals surface area contributed by atoms with Crippen LogP contribution in [0.4, 0.5) is 0 Å². The number of aromatic nitrogens is 1. The summed E-state index contributed by atoms with van der Waals surface area (Å²) in [5.74, 6) is -0.358. The molecule has 0 bridgehead atoms. The molecule has 0 saturated heterocycles. The van der Waals surface area contributed by atoms with Crippen molar-refractivity contribution >= 4 is 18.4 Å². The molecule has 5 heteroatoms. The number of pyridine rings is 1. The Kier molecular flexibility index (Phi) is 5.83. The number of carbonyl (C=O) groups is 1. The van der Waals surface area contributed by atoms with Gasteiger partial charge in [0, 0.05) is 12.7 Å². The maximum Gasteiger partial charge on any atom is 0.339 e. The van der Waals surface area contributed by atoms with Crippen molar-refractivity contribution in [3.05, 3.63) is 29.6 Å². The zero-order valence-corrected chi connectivity index (χ0v) is 8.93. The van der Waals surface area contributed by atoms with Gasteiger partial charge in [0.15, 0.2) is 0 Å². The quantitative estimate of drug-likeness (QED) is 0.767. The first-order valence-electron chi connectivity index (χ1n) is 3.95. The number of nitrogens with one attached hydrogen (secondary N) is 1. The van der Waals surface area contributed by atoms with Gasteiger partial charge >= 0.3 is 5.97 Å². The first-order chi connectivity index (χ1) is 6.27. The van der Waals surface area contributed by atoms with Gasteiger partial charge in [0.1, 0.15) is 0 Å². The highest BCUT2D eigenvalue weighted by molar-refractivity contribution is 5.88. The Hall–Kier alpha value is -1.13. The lowest BCUT2D eigenvalue weighted by molar-refractivity contribution is 0.0600. The summed E-state index contributed by atoms with van der Waals surface area (Å²) in [4.78, 5) is 15.1. The number of carbonyl (C=O) groups excluding carboxylic acids is 1. The van der Waals surface area contributed by atoms with Gasteiger partial charge in [-0.05, 0) is 19.2 Å². The van der Waals surface area contributed by atoms with Gasteiger partial charge in [-0.15, -0.1) is 12.4 Å². The van der Waals surface area contributed by atoms with Crippen molar-refractivity contribution in [1.82, 2.24) is 10.3 Å². The SMILES string of the molecule is CNCc1ccc(C(=O)OC)cn1.Cl. The molecule has 0 aliphatic carbocycles. The molecule has 0 saturated carbocycles. The number of nitrogens with zero attached hydrogens (tertiary/aromatic N) is 1. The zero-order valence-electron chi connectivity index (χ0n) is 8.11. The Morgan fingerprint density at radius 2 is 2.29 bits per heavy atom. The number of hydrogen-bond donors (Lipinski definition) is 1. The van der Waals surface area contributed by atoms with E-state index in [-0.39, 0.29) is 18.4 Å². The predicted molar refractivity (Wildman–Crippen MR) is 55.6 cm³/mol. The van der Waals surface area contributed by atoms with Crippen molar-refractivity contribution < 1.29 is 9.53 Å². The minimum Gasteiger partial charge on any atom is -0.465 e. The molecule has 0 radical (unpaired) electrons. The van der Waals surface area contributed by atoms with E-state index in [2.05, 4.69) is 15.0 Å². The predicted octanol–water partition coefficient (Wildman–Crippen LogP) is 1.01. The summed E-state index contributed by atoms with van der Waals surface area (Å²) in [7, 11) is 3.19. The van der Waals surface area contributed by atoms with Gasteiger partial charge < -0.3 is 10.1 Å². The Labute approximate surface area is 89.1 Å². The molecule has 1 aromatic heterocycles. The van der Waals surface area contributed by atoms with Gasteiger partial charge in [-0.2, -0.15) is 0 Å². The first kappa shape index (κ1) is 12.9. The second-order valence-electron chi connectivity index (χ2n) is 2.56. The van der Waals surface area contributed by atoms with Crippen molar-refractivity contribution in [3.8, 4) is 0 Å². The number of methoxy groups -OCH3 is 1. The number of rotatable bonds is 3. The van der Waals surface area contributed by atoms with Crippen LogP contribution < -0.4 is 5.32 Å². The molecule has 0 fully saturated rings. The van der Waals surface area contributed by atoms with Crippen LogP contribution in [0.15, 0.2) is 18.3 Å². The summed E-state index contributed by atoms with van der Waals surface area (Å²) in [6, 6.07) is 3.49. The molecule has 4 nitrogen and oxygen atoms in total. The van der Waals surface area contributed by atoms with E-state index < -0.39 is 0 Å². The molecular formula is C9H13ClN2O2. The number of esters is 1. The molecular weight excluding hydrogens is 204 g/mol. The Morgan fingerprint density at radius 1 is 1.57 bits per heavy atom. The molecule has 0 aliphatic heterocycles. The van der Waals surface area contributed by atoms with E-state index in [1.165, 1.54) is 13.3 Å². The van der Waals surface area contributed by atoms with Crippen LogP contribution in [0.1, 0.15) is 16.1 Å². The Balaban J connectivity index is 0.00000169. The molecule has 1 rings (SSSR count). The first-order valence-corrected chi connectivity index (χ1v) is 3.95. The summed E-state index contributed by atoms with van der Waals surface area (Å²) in [5, 5.41) is 2.97. The maximum atomic E-state index is 11.0. The van der Waals surface area contributed by atoms with Gasteiger partial charge in [-0.1, -0.05) is 0 Å². The monoisotopic (exact) mass is 216 g/mol. The van der Waals surface area contributed by atoms with Crippen LogP contribution in [0, 0.1) is 0 Å². The smallest absolute Gasteiger partial charge is 0.339 e. The van der Waals surface area contributed by atoms with Crippen LogP contribution >= 0.6 is 12.4 Å². The van der Waals surface area contributed by atoms with Crippen molar-refractivity contribution in [2.45, 2.75) is 6.54 Å². The molecule has 14 heavy (non-hydrogen) atoms. The minimum atomic E-state index is -0.358. The molecule has 1 aromatic rings. The largest absolute Gasteiger partial charge is 0.465 e. The Morgan fingerprint density at radius 3 is 2.71 bits per heavy atom. The third kappa shape index (κ3) is 3.32. The fourth-order valence-electron chi connectivity index (χ4n) is 0.949. The average molecular weight is 217 g/mol. The average Bonchev–Trinajstić information content (AvgIpc) is 2.18. The van der Waals surface area contributed by atoms with Gasteiger partial charge in [0.2, 0.25) is 0 Å². The van der Waals surface area contributed by atoms with E-state index in [0.29, 0.717) is 12.1 Å². The van der Waals surface area contributed by atoms with E-state index in [4.69, 9.17) is 0 Å². The molecule has 0 amide bonds. The molecule has 0 unspecified atom stereocenters. The van der Waals surface area contributed by atoms with Crippen LogP contribution in [0.25, 0.3) is 0 Å². The minimum absolute atomic E-state index is 0. The van der Waals surface area contributed by atoms with Crippen molar-refractivity contribution in [2.24, 2.45) is 0 Å². The zero-order chi connectivity index (χ0) is 9.68. The standard InChI is InChI=1S/C9H12N2O2.ClH/c1-10-6-8-4-3-7(5-11-8)9(12)13-2;/h3-5,10H,6H2,1-2H3;1H. The summed E-state index contributed by atoms with van der Waals surface area (Å²) in [5.41, 5.74) is 1.37. The highest BCUT2D eigenvalue weighted by Gasteiger charge is 2.04. The summed E-state index contributed by atoms with van der Waals surface area (Å²) >= 11 is 0. The lowest BCUT2D eigenvalue weighted by atomic mass is 10.2. The summed E-state index contributed by atoms with van der Waals surface area (Å²) < 4.78 is 4.54. The second-order valence-corrected chi connectivity index (χ2v) is 2.56. The van der Waals surface area contributed by atoms with Gasteiger partial charge in [-0.3, -0.25) is 4.98 Å². The fourth-order valence-corrected chi connectivity index (χ4v) is 0.949. The highest BCUT2D eigenvalue weighted by atomic mass is 35.5. The van der Waals surface area contributed by atoms with Crippen LogP contribution in [0.3, 0.4) is 0 Å². The van der Waals surface area contributed by atoms with E-state index in [9.17, 15) is 4.79 Å². The van der Waals surface area contributed by atoms with E-state index >= 15 is 0 Å². The van der Waals surface area contributed by atoms with Gasteiger partial charge in [0.25, 0.3) is 0 Å². The van der Waals surface area contributed by atoms with Crippen molar-refractivity contribution in [2.75, 3.05) is 14.2 Å².